The Labute approximate surface area is 164 Å². The molecule has 28 heavy (non-hydrogen) atoms. The molecular formula is C23H23FN2O2. The molecule has 0 aliphatic rings. The molecule has 0 spiro atoms. The lowest BCUT2D eigenvalue weighted by molar-refractivity contribution is -0.116. The van der Waals surface area contributed by atoms with E-state index < -0.39 is 0 Å². The van der Waals surface area contributed by atoms with Gasteiger partial charge in [-0.25, -0.2) is 4.39 Å². The van der Waals surface area contributed by atoms with Crippen LogP contribution in [-0.2, 0) is 17.9 Å². The molecule has 0 fully saturated rings. The first kappa shape index (κ1) is 19.6. The molecule has 144 valence electrons. The van der Waals surface area contributed by atoms with Crippen LogP contribution in [0.15, 0.2) is 78.9 Å². The van der Waals surface area contributed by atoms with E-state index in [1.54, 1.807) is 18.2 Å². The van der Waals surface area contributed by atoms with Crippen molar-refractivity contribution >= 4 is 11.6 Å². The van der Waals surface area contributed by atoms with E-state index in [4.69, 9.17) is 4.74 Å². The maximum atomic E-state index is 13.5. The van der Waals surface area contributed by atoms with E-state index in [1.807, 2.05) is 54.6 Å². The molecule has 4 nitrogen and oxygen atoms in total. The number of anilines is 1. The molecule has 3 aromatic carbocycles. The van der Waals surface area contributed by atoms with E-state index >= 15 is 0 Å². The van der Waals surface area contributed by atoms with Crippen molar-refractivity contribution in [1.29, 1.82) is 0 Å². The molecule has 1 amide bonds. The summed E-state index contributed by atoms with van der Waals surface area (Å²) in [7, 11) is 0. The Morgan fingerprint density at radius 2 is 1.61 bits per heavy atom. The molecule has 0 aliphatic carbocycles. The lowest BCUT2D eigenvalue weighted by Gasteiger charge is -2.09. The van der Waals surface area contributed by atoms with Gasteiger partial charge < -0.3 is 15.4 Å². The van der Waals surface area contributed by atoms with E-state index in [1.165, 1.54) is 6.07 Å². The Kier molecular flexibility index (Phi) is 7.15. The molecule has 0 aliphatic heterocycles. The summed E-state index contributed by atoms with van der Waals surface area (Å²) in [6, 6.07) is 23.8. The van der Waals surface area contributed by atoms with Crippen LogP contribution < -0.4 is 15.4 Å². The minimum absolute atomic E-state index is 0.0982. The highest BCUT2D eigenvalue weighted by Crippen LogP contribution is 2.17. The van der Waals surface area contributed by atoms with Crippen molar-refractivity contribution in [3.8, 4) is 5.75 Å². The Balaban J connectivity index is 1.37. The Hall–Kier alpha value is -3.18. The van der Waals surface area contributed by atoms with Crippen molar-refractivity contribution in [3.63, 3.8) is 0 Å². The number of ether oxygens (including phenoxy) is 1. The summed E-state index contributed by atoms with van der Waals surface area (Å²) in [5.74, 6) is 0.404. The summed E-state index contributed by atoms with van der Waals surface area (Å²) in [6.45, 7) is 1.37. The number of carbonyl (C=O) groups excluding carboxylic acids is 1. The number of hydrogen-bond acceptors (Lipinski definition) is 3. The van der Waals surface area contributed by atoms with Crippen molar-refractivity contribution in [2.45, 2.75) is 19.6 Å². The normalized spacial score (nSPS) is 10.5. The number of benzene rings is 3. The van der Waals surface area contributed by atoms with Crippen LogP contribution in [0.3, 0.4) is 0 Å². The molecule has 5 heteroatoms. The Bertz CT molecular complexity index is 883. The molecule has 2 N–H and O–H groups in total. The van der Waals surface area contributed by atoms with E-state index in [0.717, 1.165) is 11.3 Å². The predicted octanol–water partition coefficient (Wildman–Crippen LogP) is 4.52. The molecule has 0 heterocycles. The van der Waals surface area contributed by atoms with Crippen LogP contribution in [0.1, 0.15) is 17.5 Å². The number of nitrogens with one attached hydrogen (secondary N) is 2. The summed E-state index contributed by atoms with van der Waals surface area (Å²) < 4.78 is 19.2. The van der Waals surface area contributed by atoms with Gasteiger partial charge >= 0.3 is 0 Å². The van der Waals surface area contributed by atoms with E-state index in [2.05, 4.69) is 10.6 Å². The second-order valence-electron chi connectivity index (χ2n) is 6.37. The first-order valence-electron chi connectivity index (χ1n) is 9.21. The number of amides is 1. The summed E-state index contributed by atoms with van der Waals surface area (Å²) >= 11 is 0. The Morgan fingerprint density at radius 3 is 2.36 bits per heavy atom. The SMILES string of the molecule is O=C(CCNCc1ccccc1F)Nc1ccc(OCc2ccccc2)cc1. The zero-order chi connectivity index (χ0) is 19.6. The third-order valence-corrected chi connectivity index (χ3v) is 4.19. The van der Waals surface area contributed by atoms with Crippen LogP contribution in [0.2, 0.25) is 0 Å². The maximum absolute atomic E-state index is 13.5. The van der Waals surface area contributed by atoms with Crippen LogP contribution in [-0.4, -0.2) is 12.5 Å². The van der Waals surface area contributed by atoms with Crippen molar-refractivity contribution in [2.75, 3.05) is 11.9 Å². The van der Waals surface area contributed by atoms with Gasteiger partial charge in [0.2, 0.25) is 5.91 Å². The Morgan fingerprint density at radius 1 is 0.893 bits per heavy atom. The van der Waals surface area contributed by atoms with Crippen molar-refractivity contribution < 1.29 is 13.9 Å². The highest BCUT2D eigenvalue weighted by Gasteiger charge is 2.04. The molecule has 0 saturated heterocycles. The third-order valence-electron chi connectivity index (χ3n) is 4.19. The van der Waals surface area contributed by atoms with Gasteiger partial charge in [-0.1, -0.05) is 48.5 Å². The van der Waals surface area contributed by atoms with E-state index in [0.29, 0.717) is 37.4 Å². The number of hydrogen-bond donors (Lipinski definition) is 2. The molecule has 0 atom stereocenters. The molecule has 0 aromatic heterocycles. The number of carbonyl (C=O) groups is 1. The smallest absolute Gasteiger partial charge is 0.225 e. The standard InChI is InChI=1S/C23H23FN2O2/c24-22-9-5-4-8-19(22)16-25-15-14-23(27)26-20-10-12-21(13-11-20)28-17-18-6-2-1-3-7-18/h1-13,25H,14-17H2,(H,26,27). The van der Waals surface area contributed by atoms with Crippen LogP contribution in [0, 0.1) is 5.82 Å². The van der Waals surface area contributed by atoms with Gasteiger partial charge in [0.1, 0.15) is 18.2 Å². The average molecular weight is 378 g/mol. The van der Waals surface area contributed by atoms with Crippen molar-refractivity contribution in [3.05, 3.63) is 95.8 Å². The molecule has 0 radical (unpaired) electrons. The molecule has 0 unspecified atom stereocenters. The molecule has 3 aromatic rings. The largest absolute Gasteiger partial charge is 0.489 e. The maximum Gasteiger partial charge on any atom is 0.225 e. The van der Waals surface area contributed by atoms with Gasteiger partial charge in [-0.05, 0) is 35.9 Å². The van der Waals surface area contributed by atoms with E-state index in [9.17, 15) is 9.18 Å². The fourth-order valence-electron chi connectivity index (χ4n) is 2.67. The molecule has 3 rings (SSSR count). The van der Waals surface area contributed by atoms with Crippen LogP contribution in [0.5, 0.6) is 5.75 Å². The zero-order valence-electron chi connectivity index (χ0n) is 15.5. The number of rotatable bonds is 9. The van der Waals surface area contributed by atoms with Crippen molar-refractivity contribution in [1.82, 2.24) is 5.32 Å². The number of halogens is 1. The van der Waals surface area contributed by atoms with Gasteiger partial charge in [-0.3, -0.25) is 4.79 Å². The highest BCUT2D eigenvalue weighted by molar-refractivity contribution is 5.90. The van der Waals surface area contributed by atoms with Gasteiger partial charge in [0.05, 0.1) is 0 Å². The zero-order valence-corrected chi connectivity index (χ0v) is 15.5. The fraction of sp³-hybridized carbons (Fsp3) is 0.174. The molecule has 0 saturated carbocycles. The average Bonchev–Trinajstić information content (AvgIpc) is 2.73. The summed E-state index contributed by atoms with van der Waals surface area (Å²) in [6.07, 6.45) is 0.306. The molecular weight excluding hydrogens is 355 g/mol. The van der Waals surface area contributed by atoms with Crippen LogP contribution >= 0.6 is 0 Å². The summed E-state index contributed by atoms with van der Waals surface area (Å²) in [5.41, 5.74) is 2.41. The second-order valence-corrected chi connectivity index (χ2v) is 6.37. The predicted molar refractivity (Wildman–Crippen MR) is 109 cm³/mol. The minimum atomic E-state index is -0.242. The van der Waals surface area contributed by atoms with Gasteiger partial charge in [0, 0.05) is 30.8 Å². The highest BCUT2D eigenvalue weighted by atomic mass is 19.1. The van der Waals surface area contributed by atoms with Crippen LogP contribution in [0.25, 0.3) is 0 Å². The summed E-state index contributed by atoms with van der Waals surface area (Å²) in [4.78, 5) is 12.0. The second kappa shape index (κ2) is 10.2. The first-order chi connectivity index (χ1) is 13.7. The summed E-state index contributed by atoms with van der Waals surface area (Å²) in [5, 5.41) is 5.92. The first-order valence-corrected chi connectivity index (χ1v) is 9.21. The van der Waals surface area contributed by atoms with E-state index in [-0.39, 0.29) is 11.7 Å². The third kappa shape index (κ3) is 6.21. The monoisotopic (exact) mass is 378 g/mol. The fourth-order valence-corrected chi connectivity index (χ4v) is 2.67. The quantitative estimate of drug-likeness (QED) is 0.538. The van der Waals surface area contributed by atoms with Gasteiger partial charge in [0.15, 0.2) is 0 Å². The minimum Gasteiger partial charge on any atom is -0.489 e. The molecule has 0 bridgehead atoms. The lowest BCUT2D eigenvalue weighted by Crippen LogP contribution is -2.21. The van der Waals surface area contributed by atoms with Crippen LogP contribution in [0.4, 0.5) is 10.1 Å². The van der Waals surface area contributed by atoms with Gasteiger partial charge in [0.25, 0.3) is 0 Å². The topological polar surface area (TPSA) is 50.4 Å². The van der Waals surface area contributed by atoms with Crippen molar-refractivity contribution in [2.24, 2.45) is 0 Å². The lowest BCUT2D eigenvalue weighted by atomic mass is 10.2. The van der Waals surface area contributed by atoms with Gasteiger partial charge in [-0.15, -0.1) is 0 Å². The van der Waals surface area contributed by atoms with Gasteiger partial charge in [-0.2, -0.15) is 0 Å².